The lowest BCUT2D eigenvalue weighted by Gasteiger charge is -2.13. The van der Waals surface area contributed by atoms with E-state index in [4.69, 9.17) is 9.47 Å². The molecule has 0 bridgehead atoms. The fraction of sp³-hybridized carbons (Fsp3) is 0.304. The Morgan fingerprint density at radius 1 is 1.24 bits per heavy atom. The molecule has 1 aliphatic rings. The first-order valence-corrected chi connectivity index (χ1v) is 9.57. The van der Waals surface area contributed by atoms with Gasteiger partial charge >= 0.3 is 0 Å². The first-order chi connectivity index (χ1) is 14.1. The molecule has 0 unspecified atom stereocenters. The normalized spacial score (nSPS) is 14.3. The number of benzene rings is 2. The highest BCUT2D eigenvalue weighted by Gasteiger charge is 2.19. The second-order valence-corrected chi connectivity index (χ2v) is 6.92. The first kappa shape index (κ1) is 20.4. The van der Waals surface area contributed by atoms with Crippen LogP contribution < -0.4 is 14.8 Å². The van der Waals surface area contributed by atoms with Gasteiger partial charge in [0.15, 0.2) is 11.5 Å². The van der Waals surface area contributed by atoms with E-state index in [0.717, 1.165) is 25.7 Å². The lowest BCUT2D eigenvalue weighted by Crippen LogP contribution is -2.33. The van der Waals surface area contributed by atoms with Crippen molar-refractivity contribution < 1.29 is 18.7 Å². The lowest BCUT2D eigenvalue weighted by atomic mass is 10.1. The van der Waals surface area contributed by atoms with Gasteiger partial charge in [-0.1, -0.05) is 37.1 Å². The summed E-state index contributed by atoms with van der Waals surface area (Å²) < 4.78 is 24.8. The van der Waals surface area contributed by atoms with Crippen LogP contribution in [0.3, 0.4) is 0 Å². The first-order valence-electron chi connectivity index (χ1n) is 9.57. The molecule has 1 fully saturated rings. The van der Waals surface area contributed by atoms with E-state index >= 15 is 0 Å². The van der Waals surface area contributed by atoms with Crippen LogP contribution in [0.5, 0.6) is 11.5 Å². The molecule has 29 heavy (non-hydrogen) atoms. The van der Waals surface area contributed by atoms with Gasteiger partial charge in [0.05, 0.1) is 7.11 Å². The van der Waals surface area contributed by atoms with E-state index in [0.29, 0.717) is 22.6 Å². The second-order valence-electron chi connectivity index (χ2n) is 6.92. The Labute approximate surface area is 169 Å². The van der Waals surface area contributed by atoms with Gasteiger partial charge < -0.3 is 14.8 Å². The third-order valence-corrected chi connectivity index (χ3v) is 4.90. The fourth-order valence-corrected chi connectivity index (χ4v) is 3.31. The third kappa shape index (κ3) is 5.35. The van der Waals surface area contributed by atoms with Gasteiger partial charge in [0.1, 0.15) is 24.1 Å². The maximum absolute atomic E-state index is 13.8. The molecule has 0 aromatic heterocycles. The maximum Gasteiger partial charge on any atom is 0.262 e. The van der Waals surface area contributed by atoms with E-state index in [1.165, 1.54) is 19.3 Å². The number of methoxy groups -OCH3 is 1. The summed E-state index contributed by atoms with van der Waals surface area (Å²) in [4.78, 5) is 12.4. The largest absolute Gasteiger partial charge is 0.493 e. The molecule has 3 rings (SSSR count). The number of nitriles is 1. The van der Waals surface area contributed by atoms with Crippen LogP contribution in [-0.4, -0.2) is 19.1 Å². The van der Waals surface area contributed by atoms with Crippen molar-refractivity contribution >= 4 is 12.0 Å². The van der Waals surface area contributed by atoms with Crippen LogP contribution in [0.25, 0.3) is 6.08 Å². The van der Waals surface area contributed by atoms with E-state index in [1.807, 2.05) is 6.07 Å². The van der Waals surface area contributed by atoms with Crippen molar-refractivity contribution in [3.8, 4) is 17.6 Å². The van der Waals surface area contributed by atoms with Crippen molar-refractivity contribution in [3.63, 3.8) is 0 Å². The summed E-state index contributed by atoms with van der Waals surface area (Å²) in [6, 6.07) is 13.6. The third-order valence-electron chi connectivity index (χ3n) is 4.90. The summed E-state index contributed by atoms with van der Waals surface area (Å²) in [5.74, 6) is 0.182. The topological polar surface area (TPSA) is 71.3 Å². The van der Waals surface area contributed by atoms with Gasteiger partial charge in [-0.05, 0) is 42.7 Å². The van der Waals surface area contributed by atoms with Crippen LogP contribution in [0, 0.1) is 17.1 Å². The average Bonchev–Trinajstić information content (AvgIpc) is 3.24. The van der Waals surface area contributed by atoms with E-state index in [2.05, 4.69) is 5.32 Å². The van der Waals surface area contributed by atoms with Crippen molar-refractivity contribution in [1.29, 1.82) is 5.26 Å². The van der Waals surface area contributed by atoms with Crippen molar-refractivity contribution in [2.24, 2.45) is 0 Å². The predicted octanol–water partition coefficient (Wildman–Crippen LogP) is 4.38. The van der Waals surface area contributed by atoms with Gasteiger partial charge in [-0.2, -0.15) is 5.26 Å². The Bertz CT molecular complexity index is 943. The Morgan fingerprint density at radius 2 is 2.00 bits per heavy atom. The number of nitrogens with zero attached hydrogens (tertiary/aromatic N) is 1. The number of ether oxygens (including phenoxy) is 2. The van der Waals surface area contributed by atoms with E-state index < -0.39 is 0 Å². The molecule has 0 heterocycles. The van der Waals surface area contributed by atoms with E-state index in [9.17, 15) is 14.4 Å². The zero-order valence-electron chi connectivity index (χ0n) is 16.3. The highest BCUT2D eigenvalue weighted by Crippen LogP contribution is 2.30. The highest BCUT2D eigenvalue weighted by atomic mass is 19.1. The standard InChI is InChI=1S/C23H23FN2O3/c1-28-22-13-16(12-18(14-25)23(27)26-19-7-3-4-8-19)10-11-21(22)29-15-17-6-2-5-9-20(17)24/h2,5-6,9-13,19H,3-4,7-8,15H2,1H3,(H,26,27)/b18-12-. The van der Waals surface area contributed by atoms with Crippen LogP contribution in [0.4, 0.5) is 4.39 Å². The molecular weight excluding hydrogens is 371 g/mol. The molecule has 5 nitrogen and oxygen atoms in total. The summed E-state index contributed by atoms with van der Waals surface area (Å²) >= 11 is 0. The number of halogens is 1. The second kappa shape index (κ2) is 9.74. The number of carbonyl (C=O) groups excluding carboxylic acids is 1. The predicted molar refractivity (Wildman–Crippen MR) is 108 cm³/mol. The Morgan fingerprint density at radius 3 is 2.69 bits per heavy atom. The van der Waals surface area contributed by atoms with Crippen LogP contribution >= 0.6 is 0 Å². The Balaban J connectivity index is 1.72. The van der Waals surface area contributed by atoms with Gasteiger partial charge in [-0.15, -0.1) is 0 Å². The monoisotopic (exact) mass is 394 g/mol. The zero-order valence-corrected chi connectivity index (χ0v) is 16.3. The summed E-state index contributed by atoms with van der Waals surface area (Å²) in [5, 5.41) is 12.3. The summed E-state index contributed by atoms with van der Waals surface area (Å²) in [5.41, 5.74) is 1.12. The number of amides is 1. The van der Waals surface area contributed by atoms with Gasteiger partial charge in [0, 0.05) is 11.6 Å². The van der Waals surface area contributed by atoms with Crippen LogP contribution in [-0.2, 0) is 11.4 Å². The van der Waals surface area contributed by atoms with Gasteiger partial charge in [0.2, 0.25) is 0 Å². The number of nitrogens with one attached hydrogen (secondary N) is 1. The van der Waals surface area contributed by atoms with Gasteiger partial charge in [-0.3, -0.25) is 4.79 Å². The van der Waals surface area contributed by atoms with Gasteiger partial charge in [0.25, 0.3) is 5.91 Å². The minimum absolute atomic E-state index is 0.0407. The number of hydrogen-bond donors (Lipinski definition) is 1. The number of rotatable bonds is 7. The Hall–Kier alpha value is -3.33. The molecule has 150 valence electrons. The molecule has 1 N–H and O–H groups in total. The molecule has 0 atom stereocenters. The zero-order chi connectivity index (χ0) is 20.6. The molecular formula is C23H23FN2O3. The molecule has 0 saturated heterocycles. The molecule has 1 amide bonds. The molecule has 1 aliphatic carbocycles. The quantitative estimate of drug-likeness (QED) is 0.559. The van der Waals surface area contributed by atoms with Crippen molar-refractivity contribution in [2.75, 3.05) is 7.11 Å². The minimum atomic E-state index is -0.363. The molecule has 2 aromatic rings. The molecule has 6 heteroatoms. The van der Waals surface area contributed by atoms with Crippen molar-refractivity contribution in [2.45, 2.75) is 38.3 Å². The summed E-state index contributed by atoms with van der Waals surface area (Å²) in [6.45, 7) is 0.0610. The smallest absolute Gasteiger partial charge is 0.262 e. The number of carbonyl (C=O) groups is 1. The Kier molecular flexibility index (Phi) is 6.85. The molecule has 2 aromatic carbocycles. The van der Waals surface area contributed by atoms with Crippen LogP contribution in [0.2, 0.25) is 0 Å². The summed E-state index contributed by atoms with van der Waals surface area (Å²) in [6.07, 6.45) is 5.62. The SMILES string of the molecule is COc1cc(/C=C(/C#N)C(=O)NC2CCCC2)ccc1OCc1ccccc1F. The van der Waals surface area contributed by atoms with Gasteiger partial charge in [-0.25, -0.2) is 4.39 Å². The van der Waals surface area contributed by atoms with Crippen LogP contribution in [0.15, 0.2) is 48.0 Å². The average molecular weight is 394 g/mol. The number of hydrogen-bond acceptors (Lipinski definition) is 4. The molecule has 1 saturated carbocycles. The molecule has 0 radical (unpaired) electrons. The highest BCUT2D eigenvalue weighted by molar-refractivity contribution is 6.01. The summed E-state index contributed by atoms with van der Waals surface area (Å²) in [7, 11) is 1.50. The maximum atomic E-state index is 13.8. The molecule has 0 spiro atoms. The minimum Gasteiger partial charge on any atom is -0.493 e. The fourth-order valence-electron chi connectivity index (χ4n) is 3.31. The van der Waals surface area contributed by atoms with E-state index in [1.54, 1.807) is 36.4 Å². The molecule has 0 aliphatic heterocycles. The van der Waals surface area contributed by atoms with Crippen LogP contribution in [0.1, 0.15) is 36.8 Å². The van der Waals surface area contributed by atoms with Crippen molar-refractivity contribution in [1.82, 2.24) is 5.32 Å². The lowest BCUT2D eigenvalue weighted by molar-refractivity contribution is -0.117. The van der Waals surface area contributed by atoms with E-state index in [-0.39, 0.29) is 29.9 Å². The van der Waals surface area contributed by atoms with Crippen molar-refractivity contribution in [3.05, 3.63) is 65.0 Å².